The first-order chi connectivity index (χ1) is 18.8. The summed E-state index contributed by atoms with van der Waals surface area (Å²) in [6, 6.07) is 40.6. The van der Waals surface area contributed by atoms with Crippen LogP contribution in [0, 0.1) is 0 Å². The Balaban J connectivity index is 1.20. The molecule has 4 heterocycles. The van der Waals surface area contributed by atoms with E-state index in [4.69, 9.17) is 9.97 Å². The van der Waals surface area contributed by atoms with Crippen molar-refractivity contribution < 1.29 is 0 Å². The predicted molar refractivity (Wildman–Crippen MR) is 158 cm³/mol. The number of anilines is 1. The molecule has 0 fully saturated rings. The van der Waals surface area contributed by atoms with E-state index < -0.39 is 0 Å². The number of hydrogen-bond acceptors (Lipinski definition) is 4. The van der Waals surface area contributed by atoms with Crippen molar-refractivity contribution in [2.45, 2.75) is 10.3 Å². The minimum Gasteiger partial charge on any atom is -0.368 e. The molecule has 7 aromatic rings. The summed E-state index contributed by atoms with van der Waals surface area (Å²) in [6.07, 6.45) is 2.03. The van der Waals surface area contributed by atoms with Crippen LogP contribution in [0.4, 0.5) is 5.69 Å². The summed E-state index contributed by atoms with van der Waals surface area (Å²) in [5.74, 6) is 0. The topological polar surface area (TPSA) is 42.2 Å². The Labute approximate surface area is 224 Å². The molecule has 0 radical (unpaired) electrons. The highest BCUT2D eigenvalue weighted by Gasteiger charge is 2.22. The van der Waals surface area contributed by atoms with Crippen molar-refractivity contribution in [1.29, 1.82) is 0 Å². The van der Waals surface area contributed by atoms with Crippen molar-refractivity contribution in [3.8, 4) is 22.4 Å². The first kappa shape index (κ1) is 21.5. The zero-order valence-corrected chi connectivity index (χ0v) is 21.2. The van der Waals surface area contributed by atoms with Gasteiger partial charge in [-0.05, 0) is 47.0 Å². The fourth-order valence-electron chi connectivity index (χ4n) is 5.39. The lowest BCUT2D eigenvalue weighted by Crippen LogP contribution is -2.00. The zero-order chi connectivity index (χ0) is 25.1. The molecule has 1 N–H and O–H groups in total. The van der Waals surface area contributed by atoms with E-state index in [1.54, 1.807) is 0 Å². The van der Waals surface area contributed by atoms with E-state index in [0.717, 1.165) is 38.8 Å². The van der Waals surface area contributed by atoms with E-state index in [2.05, 4.69) is 107 Å². The van der Waals surface area contributed by atoms with Gasteiger partial charge in [0.05, 0.1) is 5.69 Å². The average Bonchev–Trinajstić information content (AvgIpc) is 3.59. The maximum atomic E-state index is 5.17. The SMILES string of the molecule is c1cc(-c2ccc(C3Nc4ccccc4S3)cc2)cc(-c2nc3c(nc4ccccn43)c3ccccc23)c1. The van der Waals surface area contributed by atoms with Crippen LogP contribution >= 0.6 is 11.8 Å². The van der Waals surface area contributed by atoms with Crippen LogP contribution < -0.4 is 5.32 Å². The highest BCUT2D eigenvalue weighted by Crippen LogP contribution is 2.46. The molecule has 1 unspecified atom stereocenters. The molecule has 0 spiro atoms. The molecule has 1 aliphatic rings. The van der Waals surface area contributed by atoms with Crippen LogP contribution in [0.25, 0.3) is 50.0 Å². The van der Waals surface area contributed by atoms with Crippen LogP contribution in [0.15, 0.2) is 126 Å². The quantitative estimate of drug-likeness (QED) is 0.261. The van der Waals surface area contributed by atoms with Gasteiger partial charge in [-0.25, -0.2) is 9.97 Å². The van der Waals surface area contributed by atoms with Gasteiger partial charge in [0, 0.05) is 33.1 Å². The highest BCUT2D eigenvalue weighted by molar-refractivity contribution is 8.00. The van der Waals surface area contributed by atoms with Gasteiger partial charge in [-0.1, -0.05) is 96.7 Å². The second-order valence-electron chi connectivity index (χ2n) is 9.56. The maximum absolute atomic E-state index is 5.17. The van der Waals surface area contributed by atoms with Crippen LogP contribution in [0.1, 0.15) is 10.9 Å². The van der Waals surface area contributed by atoms with Gasteiger partial charge in [0.25, 0.3) is 0 Å². The molecule has 0 saturated heterocycles. The summed E-state index contributed by atoms with van der Waals surface area (Å²) in [5.41, 5.74) is 9.64. The molecule has 38 heavy (non-hydrogen) atoms. The van der Waals surface area contributed by atoms with Crippen molar-refractivity contribution in [3.63, 3.8) is 0 Å². The molecule has 5 heteroatoms. The van der Waals surface area contributed by atoms with E-state index in [9.17, 15) is 0 Å². The largest absolute Gasteiger partial charge is 0.368 e. The molecular weight excluding hydrogens is 484 g/mol. The molecule has 4 aromatic carbocycles. The maximum Gasteiger partial charge on any atom is 0.165 e. The zero-order valence-electron chi connectivity index (χ0n) is 20.4. The molecule has 0 saturated carbocycles. The summed E-state index contributed by atoms with van der Waals surface area (Å²) in [5, 5.41) is 6.10. The van der Waals surface area contributed by atoms with Crippen molar-refractivity contribution in [3.05, 3.63) is 127 Å². The van der Waals surface area contributed by atoms with Crippen LogP contribution in [-0.4, -0.2) is 14.4 Å². The molecular formula is C33H22N4S. The van der Waals surface area contributed by atoms with E-state index in [1.165, 1.54) is 27.3 Å². The van der Waals surface area contributed by atoms with E-state index in [1.807, 2.05) is 36.2 Å². The monoisotopic (exact) mass is 506 g/mol. The molecule has 0 aliphatic carbocycles. The number of aromatic nitrogens is 3. The summed E-state index contributed by atoms with van der Waals surface area (Å²) < 4.78 is 2.07. The van der Waals surface area contributed by atoms with Crippen molar-refractivity contribution in [2.24, 2.45) is 0 Å². The van der Waals surface area contributed by atoms with Crippen molar-refractivity contribution in [2.75, 3.05) is 5.32 Å². The van der Waals surface area contributed by atoms with Gasteiger partial charge in [0.2, 0.25) is 0 Å². The first-order valence-corrected chi connectivity index (χ1v) is 13.6. The molecule has 3 aromatic heterocycles. The Morgan fingerprint density at radius 3 is 2.34 bits per heavy atom. The number of nitrogens with zero attached hydrogens (tertiary/aromatic N) is 3. The standard InChI is InChI=1S/C33H22N4S/c1-2-11-26-25(10-1)30(36-32-31(26)35-29-14-5-6-19-37(29)32)24-9-7-8-23(20-24)21-15-17-22(18-16-21)33-34-27-12-3-4-13-28(27)38-33/h1-20,33-34H. The number of imidazole rings is 1. The van der Waals surface area contributed by atoms with Gasteiger partial charge in [0.1, 0.15) is 16.5 Å². The lowest BCUT2D eigenvalue weighted by molar-refractivity contribution is 1.13. The van der Waals surface area contributed by atoms with E-state index in [0.29, 0.717) is 0 Å². The van der Waals surface area contributed by atoms with E-state index >= 15 is 0 Å². The van der Waals surface area contributed by atoms with Gasteiger partial charge in [0.15, 0.2) is 5.65 Å². The van der Waals surface area contributed by atoms with Gasteiger partial charge in [-0.2, -0.15) is 0 Å². The summed E-state index contributed by atoms with van der Waals surface area (Å²) >= 11 is 1.87. The normalized spacial score (nSPS) is 14.7. The van der Waals surface area contributed by atoms with Gasteiger partial charge < -0.3 is 5.32 Å². The number of nitrogens with one attached hydrogen (secondary N) is 1. The van der Waals surface area contributed by atoms with Crippen molar-refractivity contribution >= 4 is 45.0 Å². The van der Waals surface area contributed by atoms with Crippen LogP contribution in [0.2, 0.25) is 0 Å². The van der Waals surface area contributed by atoms with Crippen LogP contribution in [0.5, 0.6) is 0 Å². The second-order valence-corrected chi connectivity index (χ2v) is 10.7. The predicted octanol–water partition coefficient (Wildman–Crippen LogP) is 8.59. The Bertz CT molecular complexity index is 1970. The highest BCUT2D eigenvalue weighted by atomic mass is 32.2. The Morgan fingerprint density at radius 2 is 1.45 bits per heavy atom. The molecule has 180 valence electrons. The van der Waals surface area contributed by atoms with Gasteiger partial charge in [-0.3, -0.25) is 4.40 Å². The minimum absolute atomic E-state index is 0.237. The molecule has 1 atom stereocenters. The third-order valence-corrected chi connectivity index (χ3v) is 8.50. The number of pyridine rings is 2. The van der Waals surface area contributed by atoms with Crippen LogP contribution in [-0.2, 0) is 0 Å². The smallest absolute Gasteiger partial charge is 0.165 e. The number of rotatable bonds is 3. The summed E-state index contributed by atoms with van der Waals surface area (Å²) in [7, 11) is 0. The minimum atomic E-state index is 0.237. The lowest BCUT2D eigenvalue weighted by atomic mass is 9.98. The number of para-hydroxylation sites is 1. The third-order valence-electron chi connectivity index (χ3n) is 7.26. The summed E-state index contributed by atoms with van der Waals surface area (Å²) in [4.78, 5) is 11.4. The number of fused-ring (bicyclic) bond motifs is 6. The Kier molecular flexibility index (Phi) is 4.79. The number of thioether (sulfide) groups is 1. The molecule has 8 rings (SSSR count). The molecule has 0 bridgehead atoms. The molecule has 4 nitrogen and oxygen atoms in total. The number of benzene rings is 4. The number of hydrogen-bond donors (Lipinski definition) is 1. The second kappa shape index (κ2) is 8.47. The van der Waals surface area contributed by atoms with Gasteiger partial charge in [-0.15, -0.1) is 0 Å². The fourth-order valence-corrected chi connectivity index (χ4v) is 6.53. The molecule has 1 aliphatic heterocycles. The van der Waals surface area contributed by atoms with E-state index in [-0.39, 0.29) is 5.37 Å². The molecule has 0 amide bonds. The van der Waals surface area contributed by atoms with Gasteiger partial charge >= 0.3 is 0 Å². The average molecular weight is 507 g/mol. The Hall–Kier alpha value is -4.61. The Morgan fingerprint density at radius 1 is 0.658 bits per heavy atom. The first-order valence-electron chi connectivity index (χ1n) is 12.7. The fraction of sp³-hybridized carbons (Fsp3) is 0.0303. The van der Waals surface area contributed by atoms with Crippen molar-refractivity contribution in [1.82, 2.24) is 14.4 Å². The van der Waals surface area contributed by atoms with Crippen LogP contribution in [0.3, 0.4) is 0 Å². The lowest BCUT2D eigenvalue weighted by Gasteiger charge is -2.12. The third kappa shape index (κ3) is 3.40. The summed E-state index contributed by atoms with van der Waals surface area (Å²) in [6.45, 7) is 0.